The quantitative estimate of drug-likeness (QED) is 0.475. The van der Waals surface area contributed by atoms with E-state index in [9.17, 15) is 4.79 Å². The van der Waals surface area contributed by atoms with Crippen molar-refractivity contribution in [2.75, 3.05) is 31.2 Å². The summed E-state index contributed by atoms with van der Waals surface area (Å²) in [7, 11) is 0. The summed E-state index contributed by atoms with van der Waals surface area (Å²) >= 11 is 0. The number of aromatic nitrogens is 2. The van der Waals surface area contributed by atoms with Crippen molar-refractivity contribution in [1.29, 1.82) is 0 Å². The summed E-state index contributed by atoms with van der Waals surface area (Å²) in [5.74, 6) is 2.61. The number of allylic oxidation sites excluding steroid dienone is 2. The van der Waals surface area contributed by atoms with E-state index in [1.54, 1.807) is 25.3 Å². The summed E-state index contributed by atoms with van der Waals surface area (Å²) in [5.41, 5.74) is 1.35. The van der Waals surface area contributed by atoms with Gasteiger partial charge in [-0.25, -0.2) is 0 Å². The molecule has 1 aromatic rings. The van der Waals surface area contributed by atoms with E-state index >= 15 is 0 Å². The molecule has 0 radical (unpaired) electrons. The van der Waals surface area contributed by atoms with Gasteiger partial charge in [-0.05, 0) is 62.7 Å². The monoisotopic (exact) mass is 473 g/mol. The molecular formula is C25H39N5O4. The third kappa shape index (κ3) is 6.85. The van der Waals surface area contributed by atoms with Gasteiger partial charge < -0.3 is 29.9 Å². The Morgan fingerprint density at radius 2 is 2.03 bits per heavy atom. The second-order valence-corrected chi connectivity index (χ2v) is 9.67. The van der Waals surface area contributed by atoms with Gasteiger partial charge in [-0.15, -0.1) is 0 Å². The predicted octanol–water partition coefficient (Wildman–Crippen LogP) is 3.22. The van der Waals surface area contributed by atoms with E-state index in [2.05, 4.69) is 46.4 Å². The summed E-state index contributed by atoms with van der Waals surface area (Å²) in [4.78, 5) is 19.1. The standard InChI is InChI=1S/C25H39N5O4/c1-16(2)23-28-25(34-29-23)30-11-8-20(9-12-30)17(3)10-13-33-22-7-6-21(18(4)14-26-22)24(32)27-19(5)15-31/h6-7,14,16-17,19-20,26,31H,8-13,15H2,1-5H3,(H,27,32). The molecule has 1 aromatic heterocycles. The van der Waals surface area contributed by atoms with Gasteiger partial charge in [0.2, 0.25) is 0 Å². The zero-order valence-corrected chi connectivity index (χ0v) is 21.0. The summed E-state index contributed by atoms with van der Waals surface area (Å²) in [5, 5.41) is 19.1. The Morgan fingerprint density at radius 3 is 2.68 bits per heavy atom. The van der Waals surface area contributed by atoms with E-state index < -0.39 is 0 Å². The normalized spacial score (nSPS) is 18.9. The van der Waals surface area contributed by atoms with Crippen LogP contribution in [0.5, 0.6) is 0 Å². The van der Waals surface area contributed by atoms with Crippen LogP contribution in [0.15, 0.2) is 39.9 Å². The Balaban J connectivity index is 1.44. The van der Waals surface area contributed by atoms with Gasteiger partial charge >= 0.3 is 6.01 Å². The molecule has 2 aliphatic rings. The largest absolute Gasteiger partial charge is 0.479 e. The fourth-order valence-electron chi connectivity index (χ4n) is 4.13. The third-order valence-electron chi connectivity index (χ3n) is 6.55. The highest BCUT2D eigenvalue weighted by Gasteiger charge is 2.27. The van der Waals surface area contributed by atoms with Gasteiger partial charge in [0.15, 0.2) is 11.7 Å². The molecule has 0 bridgehead atoms. The van der Waals surface area contributed by atoms with Crippen molar-refractivity contribution >= 4 is 11.9 Å². The zero-order chi connectivity index (χ0) is 24.7. The molecule has 188 valence electrons. The van der Waals surface area contributed by atoms with Crippen LogP contribution in [0.2, 0.25) is 0 Å². The number of carbonyl (C=O) groups is 1. The lowest BCUT2D eigenvalue weighted by molar-refractivity contribution is -0.118. The molecular weight excluding hydrogens is 434 g/mol. The van der Waals surface area contributed by atoms with Gasteiger partial charge in [0.25, 0.3) is 5.91 Å². The number of ether oxygens (including phenoxy) is 1. The molecule has 0 aromatic carbocycles. The highest BCUT2D eigenvalue weighted by atomic mass is 16.5. The average Bonchev–Trinajstić information content (AvgIpc) is 3.25. The number of anilines is 1. The highest BCUT2D eigenvalue weighted by molar-refractivity contribution is 5.98. The molecule has 9 nitrogen and oxygen atoms in total. The molecule has 0 spiro atoms. The molecule has 1 fully saturated rings. The summed E-state index contributed by atoms with van der Waals surface area (Å²) < 4.78 is 11.4. The lowest BCUT2D eigenvalue weighted by atomic mass is 9.84. The van der Waals surface area contributed by atoms with Crippen molar-refractivity contribution in [3.05, 3.63) is 41.2 Å². The molecule has 2 aliphatic heterocycles. The minimum Gasteiger partial charge on any atom is -0.479 e. The number of nitrogens with zero attached hydrogens (tertiary/aromatic N) is 3. The highest BCUT2D eigenvalue weighted by Crippen LogP contribution is 2.29. The van der Waals surface area contributed by atoms with Crippen LogP contribution in [0.3, 0.4) is 0 Å². The maximum absolute atomic E-state index is 12.4. The molecule has 3 rings (SSSR count). The fraction of sp³-hybridized carbons (Fsp3) is 0.640. The topological polar surface area (TPSA) is 113 Å². The second kappa shape index (κ2) is 12.1. The molecule has 3 heterocycles. The summed E-state index contributed by atoms with van der Waals surface area (Å²) in [6, 6.07) is 0.342. The van der Waals surface area contributed by atoms with Crippen LogP contribution in [0.25, 0.3) is 0 Å². The first kappa shape index (κ1) is 25.8. The average molecular weight is 474 g/mol. The molecule has 9 heteroatoms. The van der Waals surface area contributed by atoms with Gasteiger partial charge in [-0.1, -0.05) is 25.9 Å². The SMILES string of the molecule is CC1=CNC(OCCC(C)C2CCN(c3nc(C(C)C)no3)CC2)=CC=C1C(=O)NC(C)CO. The number of nitrogens with one attached hydrogen (secondary N) is 2. The summed E-state index contributed by atoms with van der Waals surface area (Å²) in [6.07, 6.45) is 8.45. The van der Waals surface area contributed by atoms with Crippen molar-refractivity contribution in [2.24, 2.45) is 11.8 Å². The molecule has 0 saturated carbocycles. The first-order valence-electron chi connectivity index (χ1n) is 12.3. The molecule has 34 heavy (non-hydrogen) atoms. The van der Waals surface area contributed by atoms with E-state index in [-0.39, 0.29) is 24.5 Å². The lowest BCUT2D eigenvalue weighted by Crippen LogP contribution is -2.36. The van der Waals surface area contributed by atoms with Crippen LogP contribution in [-0.4, -0.2) is 53.5 Å². The first-order valence-corrected chi connectivity index (χ1v) is 12.3. The maximum atomic E-state index is 12.4. The molecule has 2 atom stereocenters. The van der Waals surface area contributed by atoms with E-state index in [1.807, 2.05) is 6.92 Å². The molecule has 3 N–H and O–H groups in total. The number of hydrogen-bond acceptors (Lipinski definition) is 8. The molecule has 1 amide bonds. The van der Waals surface area contributed by atoms with Crippen molar-refractivity contribution in [3.63, 3.8) is 0 Å². The van der Waals surface area contributed by atoms with E-state index in [0.717, 1.165) is 43.7 Å². The first-order chi connectivity index (χ1) is 16.3. The minimum absolute atomic E-state index is 0.0997. The number of aliphatic hydroxyl groups excluding tert-OH is 1. The zero-order valence-electron chi connectivity index (χ0n) is 21.0. The molecule has 2 unspecified atom stereocenters. The van der Waals surface area contributed by atoms with Gasteiger partial charge in [-0.2, -0.15) is 4.98 Å². The Morgan fingerprint density at radius 1 is 1.29 bits per heavy atom. The minimum atomic E-state index is -0.296. The van der Waals surface area contributed by atoms with Gasteiger partial charge in [0.1, 0.15) is 0 Å². The van der Waals surface area contributed by atoms with Crippen molar-refractivity contribution in [1.82, 2.24) is 20.8 Å². The van der Waals surface area contributed by atoms with E-state index in [0.29, 0.717) is 35.9 Å². The Hall–Kier alpha value is -2.81. The lowest BCUT2D eigenvalue weighted by Gasteiger charge is -2.33. The Bertz CT molecular complexity index is 912. The summed E-state index contributed by atoms with van der Waals surface area (Å²) in [6.45, 7) is 12.4. The fourth-order valence-corrected chi connectivity index (χ4v) is 4.13. The number of rotatable bonds is 10. The number of amides is 1. The molecule has 1 saturated heterocycles. The van der Waals surface area contributed by atoms with Crippen molar-refractivity contribution in [2.45, 2.75) is 65.8 Å². The second-order valence-electron chi connectivity index (χ2n) is 9.67. The number of carbonyl (C=O) groups excluding carboxylic acids is 1. The van der Waals surface area contributed by atoms with Crippen LogP contribution in [0.1, 0.15) is 65.6 Å². The van der Waals surface area contributed by atoms with E-state index in [4.69, 9.17) is 14.4 Å². The van der Waals surface area contributed by atoms with Crippen molar-refractivity contribution < 1.29 is 19.2 Å². The maximum Gasteiger partial charge on any atom is 0.324 e. The Labute approximate surface area is 202 Å². The third-order valence-corrected chi connectivity index (χ3v) is 6.55. The van der Waals surface area contributed by atoms with Crippen LogP contribution < -0.4 is 15.5 Å². The number of hydrogen-bond donors (Lipinski definition) is 3. The van der Waals surface area contributed by atoms with Crippen LogP contribution in [0, 0.1) is 11.8 Å². The van der Waals surface area contributed by atoms with E-state index in [1.165, 1.54) is 0 Å². The number of piperidine rings is 1. The smallest absolute Gasteiger partial charge is 0.324 e. The Kier molecular flexibility index (Phi) is 9.15. The van der Waals surface area contributed by atoms with Crippen LogP contribution >= 0.6 is 0 Å². The van der Waals surface area contributed by atoms with Gasteiger partial charge in [0, 0.05) is 36.8 Å². The van der Waals surface area contributed by atoms with Crippen LogP contribution in [-0.2, 0) is 9.53 Å². The van der Waals surface area contributed by atoms with Crippen molar-refractivity contribution in [3.8, 4) is 0 Å². The predicted molar refractivity (Wildman–Crippen MR) is 131 cm³/mol. The number of aliphatic hydroxyl groups is 1. The van der Waals surface area contributed by atoms with Crippen LogP contribution in [0.4, 0.5) is 6.01 Å². The molecule has 0 aliphatic carbocycles. The van der Waals surface area contributed by atoms with Gasteiger partial charge in [0.05, 0.1) is 13.2 Å². The van der Waals surface area contributed by atoms with Gasteiger partial charge in [-0.3, -0.25) is 4.79 Å².